The summed E-state index contributed by atoms with van der Waals surface area (Å²) in [7, 11) is 0. The SMILES string of the molecule is O=C(NCCc1cccc(F)c1)c1cn(C2CC2)cc(C(=O)NC2CCCCCC2)c1=O. The molecule has 1 aromatic carbocycles. The predicted molar refractivity (Wildman–Crippen MR) is 120 cm³/mol. The lowest BCUT2D eigenvalue weighted by Crippen LogP contribution is -2.39. The molecule has 0 saturated heterocycles. The van der Waals surface area contributed by atoms with E-state index in [1.54, 1.807) is 24.5 Å². The van der Waals surface area contributed by atoms with Crippen molar-refractivity contribution in [3.63, 3.8) is 0 Å². The van der Waals surface area contributed by atoms with Crippen LogP contribution in [-0.2, 0) is 6.42 Å². The Morgan fingerprint density at radius 3 is 2.31 bits per heavy atom. The van der Waals surface area contributed by atoms with Crippen molar-refractivity contribution in [2.75, 3.05) is 6.54 Å². The van der Waals surface area contributed by atoms with Crippen LogP contribution in [0.2, 0.25) is 0 Å². The smallest absolute Gasteiger partial charge is 0.256 e. The number of rotatable bonds is 7. The van der Waals surface area contributed by atoms with Crippen LogP contribution in [0.5, 0.6) is 0 Å². The highest BCUT2D eigenvalue weighted by Gasteiger charge is 2.27. The van der Waals surface area contributed by atoms with Gasteiger partial charge in [0.05, 0.1) is 0 Å². The van der Waals surface area contributed by atoms with E-state index in [1.165, 1.54) is 25.0 Å². The maximum Gasteiger partial charge on any atom is 0.256 e. The summed E-state index contributed by atoms with van der Waals surface area (Å²) in [6, 6.07) is 6.49. The first-order valence-corrected chi connectivity index (χ1v) is 11.6. The highest BCUT2D eigenvalue weighted by molar-refractivity contribution is 5.99. The summed E-state index contributed by atoms with van der Waals surface area (Å²) in [5.41, 5.74) is 0.220. The summed E-state index contributed by atoms with van der Waals surface area (Å²) in [4.78, 5) is 38.8. The molecule has 2 aliphatic carbocycles. The summed E-state index contributed by atoms with van der Waals surface area (Å²) in [6.07, 6.45) is 11.9. The van der Waals surface area contributed by atoms with E-state index in [9.17, 15) is 18.8 Å². The molecule has 170 valence electrons. The zero-order valence-electron chi connectivity index (χ0n) is 18.2. The van der Waals surface area contributed by atoms with Crippen molar-refractivity contribution < 1.29 is 14.0 Å². The van der Waals surface area contributed by atoms with Crippen LogP contribution in [0.15, 0.2) is 41.5 Å². The lowest BCUT2D eigenvalue weighted by atomic mass is 10.1. The first-order chi connectivity index (χ1) is 15.5. The molecule has 7 heteroatoms. The number of hydrogen-bond acceptors (Lipinski definition) is 3. The molecule has 0 bridgehead atoms. The van der Waals surface area contributed by atoms with Crippen molar-refractivity contribution in [2.45, 2.75) is 69.9 Å². The van der Waals surface area contributed by atoms with Gasteiger partial charge in [0.1, 0.15) is 16.9 Å². The first-order valence-electron chi connectivity index (χ1n) is 11.6. The Labute approximate surface area is 187 Å². The average Bonchev–Trinajstić information content (AvgIpc) is 3.62. The number of aromatic nitrogens is 1. The Bertz CT molecular complexity index is 1040. The van der Waals surface area contributed by atoms with E-state index < -0.39 is 17.2 Å². The molecule has 2 aliphatic rings. The zero-order valence-corrected chi connectivity index (χ0v) is 18.2. The molecule has 2 aromatic rings. The molecular weight excluding hydrogens is 409 g/mol. The zero-order chi connectivity index (χ0) is 22.5. The van der Waals surface area contributed by atoms with E-state index in [2.05, 4.69) is 10.6 Å². The summed E-state index contributed by atoms with van der Waals surface area (Å²) in [6.45, 7) is 0.268. The van der Waals surface area contributed by atoms with Gasteiger partial charge in [0, 0.05) is 31.0 Å². The molecule has 2 amide bonds. The molecule has 2 fully saturated rings. The minimum absolute atomic E-state index is 0.0235. The van der Waals surface area contributed by atoms with Crippen LogP contribution in [0.25, 0.3) is 0 Å². The third-order valence-corrected chi connectivity index (χ3v) is 6.28. The van der Waals surface area contributed by atoms with Gasteiger partial charge in [-0.3, -0.25) is 14.4 Å². The monoisotopic (exact) mass is 439 g/mol. The predicted octanol–water partition coefficient (Wildman–Crippen LogP) is 3.75. The van der Waals surface area contributed by atoms with Crippen molar-refractivity contribution in [3.05, 3.63) is 69.4 Å². The molecule has 0 unspecified atom stereocenters. The van der Waals surface area contributed by atoms with E-state index in [1.807, 2.05) is 4.57 Å². The number of hydrogen-bond donors (Lipinski definition) is 2. The van der Waals surface area contributed by atoms with Crippen molar-refractivity contribution in [1.29, 1.82) is 0 Å². The fourth-order valence-corrected chi connectivity index (χ4v) is 4.30. The van der Waals surface area contributed by atoms with Gasteiger partial charge < -0.3 is 15.2 Å². The van der Waals surface area contributed by atoms with Gasteiger partial charge in [-0.2, -0.15) is 0 Å². The van der Waals surface area contributed by atoms with E-state index in [-0.39, 0.29) is 35.6 Å². The van der Waals surface area contributed by atoms with E-state index >= 15 is 0 Å². The maximum absolute atomic E-state index is 13.3. The Kier molecular flexibility index (Phi) is 7.02. The van der Waals surface area contributed by atoms with Gasteiger partial charge >= 0.3 is 0 Å². The second-order valence-electron chi connectivity index (χ2n) is 8.89. The lowest BCUT2D eigenvalue weighted by Gasteiger charge is -2.17. The average molecular weight is 440 g/mol. The quantitative estimate of drug-likeness (QED) is 0.645. The van der Waals surface area contributed by atoms with Crippen molar-refractivity contribution in [1.82, 2.24) is 15.2 Å². The summed E-state index contributed by atoms with van der Waals surface area (Å²) >= 11 is 0. The first kappa shape index (κ1) is 22.2. The summed E-state index contributed by atoms with van der Waals surface area (Å²) in [5.74, 6) is -1.23. The molecular formula is C25H30FN3O3. The number of nitrogens with one attached hydrogen (secondary N) is 2. The fourth-order valence-electron chi connectivity index (χ4n) is 4.30. The Hall–Kier alpha value is -2.96. The van der Waals surface area contributed by atoms with Gasteiger partial charge in [-0.15, -0.1) is 0 Å². The van der Waals surface area contributed by atoms with Crippen molar-refractivity contribution in [2.24, 2.45) is 0 Å². The van der Waals surface area contributed by atoms with Crippen LogP contribution in [0.1, 0.15) is 83.7 Å². The van der Waals surface area contributed by atoms with Gasteiger partial charge in [0.2, 0.25) is 5.43 Å². The number of nitrogens with zero attached hydrogens (tertiary/aromatic N) is 1. The number of benzene rings is 1. The van der Waals surface area contributed by atoms with Gasteiger partial charge in [0.15, 0.2) is 0 Å². The topological polar surface area (TPSA) is 80.2 Å². The molecule has 1 heterocycles. The third-order valence-electron chi connectivity index (χ3n) is 6.28. The standard InChI is InChI=1S/C25H30FN3O3/c26-18-7-5-6-17(14-18)12-13-27-24(31)21-15-29(20-10-11-20)16-22(23(21)30)25(32)28-19-8-3-1-2-4-9-19/h5-7,14-16,19-20H,1-4,8-13H2,(H,27,31)(H,28,32). The van der Waals surface area contributed by atoms with Gasteiger partial charge in [-0.1, -0.05) is 37.8 Å². The van der Waals surface area contributed by atoms with Gasteiger partial charge in [-0.05, 0) is 49.8 Å². The molecule has 32 heavy (non-hydrogen) atoms. The second kappa shape index (κ2) is 10.1. The van der Waals surface area contributed by atoms with E-state index in [0.29, 0.717) is 6.42 Å². The Balaban J connectivity index is 1.48. The number of carbonyl (C=O) groups excluding carboxylic acids is 2. The van der Waals surface area contributed by atoms with Crippen LogP contribution in [-0.4, -0.2) is 29.0 Å². The molecule has 6 nitrogen and oxygen atoms in total. The summed E-state index contributed by atoms with van der Waals surface area (Å²) < 4.78 is 15.2. The minimum atomic E-state index is -0.545. The van der Waals surface area contributed by atoms with Gasteiger partial charge in [-0.25, -0.2) is 4.39 Å². The van der Waals surface area contributed by atoms with E-state index in [0.717, 1.165) is 44.1 Å². The number of carbonyl (C=O) groups is 2. The lowest BCUT2D eigenvalue weighted by molar-refractivity contribution is 0.0931. The normalized spacial score (nSPS) is 16.9. The molecule has 0 atom stereocenters. The fraction of sp³-hybridized carbons (Fsp3) is 0.480. The molecule has 0 spiro atoms. The Morgan fingerprint density at radius 2 is 1.66 bits per heavy atom. The molecule has 2 saturated carbocycles. The van der Waals surface area contributed by atoms with E-state index in [4.69, 9.17) is 0 Å². The number of amides is 2. The van der Waals surface area contributed by atoms with Crippen LogP contribution >= 0.6 is 0 Å². The molecule has 0 radical (unpaired) electrons. The molecule has 2 N–H and O–H groups in total. The van der Waals surface area contributed by atoms with Crippen LogP contribution in [0, 0.1) is 5.82 Å². The largest absolute Gasteiger partial charge is 0.352 e. The third kappa shape index (κ3) is 5.64. The Morgan fingerprint density at radius 1 is 0.969 bits per heavy atom. The summed E-state index contributed by atoms with van der Waals surface area (Å²) in [5, 5.41) is 5.76. The van der Waals surface area contributed by atoms with Crippen LogP contribution in [0.3, 0.4) is 0 Å². The number of pyridine rings is 1. The highest BCUT2D eigenvalue weighted by atomic mass is 19.1. The maximum atomic E-state index is 13.3. The molecule has 1 aromatic heterocycles. The minimum Gasteiger partial charge on any atom is -0.352 e. The van der Waals surface area contributed by atoms with Crippen LogP contribution < -0.4 is 16.1 Å². The molecule has 0 aliphatic heterocycles. The van der Waals surface area contributed by atoms with Crippen molar-refractivity contribution in [3.8, 4) is 0 Å². The highest BCUT2D eigenvalue weighted by Crippen LogP contribution is 2.34. The van der Waals surface area contributed by atoms with Gasteiger partial charge in [0.25, 0.3) is 11.8 Å². The van der Waals surface area contributed by atoms with Crippen molar-refractivity contribution >= 4 is 11.8 Å². The second-order valence-corrected chi connectivity index (χ2v) is 8.89. The number of halogens is 1. The van der Waals surface area contributed by atoms with Crippen LogP contribution in [0.4, 0.5) is 4.39 Å². The molecule has 4 rings (SSSR count).